The number of carbonyl (C=O) groups excluding carboxylic acids is 1. The fourth-order valence-corrected chi connectivity index (χ4v) is 2.59. The van der Waals surface area contributed by atoms with Gasteiger partial charge >= 0.3 is 0 Å². The second-order valence-electron chi connectivity index (χ2n) is 5.14. The Morgan fingerprint density at radius 1 is 1.48 bits per heavy atom. The number of hydrogen-bond donors (Lipinski definition) is 1. The van der Waals surface area contributed by atoms with Crippen LogP contribution in [0.2, 0.25) is 0 Å². The molecule has 1 aliphatic heterocycles. The van der Waals surface area contributed by atoms with Gasteiger partial charge in [-0.15, -0.1) is 0 Å². The molecule has 2 rings (SSSR count). The zero-order valence-corrected chi connectivity index (χ0v) is 12.8. The van der Waals surface area contributed by atoms with Crippen LogP contribution in [0.5, 0.6) is 5.75 Å². The van der Waals surface area contributed by atoms with Gasteiger partial charge in [0.25, 0.3) is 5.91 Å². The Balaban J connectivity index is 2.18. The molecular formula is C16H24N2O3. The molecule has 5 heteroatoms. The number of nitrogen functional groups attached to an aromatic ring is 1. The quantitative estimate of drug-likeness (QED) is 0.817. The Morgan fingerprint density at radius 3 is 2.90 bits per heavy atom. The first kappa shape index (κ1) is 15.6. The number of rotatable bonds is 6. The first-order valence-corrected chi connectivity index (χ1v) is 7.59. The summed E-state index contributed by atoms with van der Waals surface area (Å²) in [6.45, 7) is 6.38. The third-order valence-corrected chi connectivity index (χ3v) is 3.68. The third-order valence-electron chi connectivity index (χ3n) is 3.68. The van der Waals surface area contributed by atoms with Gasteiger partial charge < -0.3 is 20.1 Å². The number of nitrogens with two attached hydrogens (primary N) is 1. The van der Waals surface area contributed by atoms with Gasteiger partial charge in [0.15, 0.2) is 5.75 Å². The Morgan fingerprint density at radius 2 is 2.29 bits per heavy atom. The summed E-state index contributed by atoms with van der Waals surface area (Å²) in [4.78, 5) is 14.5. The number of benzene rings is 1. The predicted octanol–water partition coefficient (Wildman–Crippen LogP) is 2.31. The minimum atomic E-state index is -0.0521. The van der Waals surface area contributed by atoms with Crippen LogP contribution in [0.15, 0.2) is 18.2 Å². The molecule has 1 unspecified atom stereocenters. The highest BCUT2D eigenvalue weighted by Crippen LogP contribution is 2.28. The molecule has 0 saturated carbocycles. The Kier molecular flexibility index (Phi) is 5.44. The molecule has 1 fully saturated rings. The van der Waals surface area contributed by atoms with Gasteiger partial charge in [0.05, 0.1) is 24.0 Å². The maximum atomic E-state index is 12.7. The molecule has 1 saturated heterocycles. The largest absolute Gasteiger partial charge is 0.491 e. The van der Waals surface area contributed by atoms with Crippen LogP contribution in [0.1, 0.15) is 37.0 Å². The maximum Gasteiger partial charge on any atom is 0.257 e. The summed E-state index contributed by atoms with van der Waals surface area (Å²) >= 11 is 0. The van der Waals surface area contributed by atoms with E-state index in [2.05, 4.69) is 0 Å². The minimum Gasteiger partial charge on any atom is -0.491 e. The highest BCUT2D eigenvalue weighted by molar-refractivity contribution is 5.98. The van der Waals surface area contributed by atoms with Gasteiger partial charge in [-0.25, -0.2) is 0 Å². The highest BCUT2D eigenvalue weighted by Gasteiger charge is 2.24. The molecule has 21 heavy (non-hydrogen) atoms. The van der Waals surface area contributed by atoms with Crippen molar-refractivity contribution in [3.05, 3.63) is 23.8 Å². The summed E-state index contributed by atoms with van der Waals surface area (Å²) in [5, 5.41) is 0. The molecule has 1 atom stereocenters. The van der Waals surface area contributed by atoms with Gasteiger partial charge in [-0.05, 0) is 38.8 Å². The molecule has 2 N–H and O–H groups in total. The van der Waals surface area contributed by atoms with E-state index < -0.39 is 0 Å². The van der Waals surface area contributed by atoms with Gasteiger partial charge in [-0.1, -0.05) is 6.07 Å². The van der Waals surface area contributed by atoms with Crippen LogP contribution >= 0.6 is 0 Å². The van der Waals surface area contributed by atoms with Crippen molar-refractivity contribution in [3.8, 4) is 5.75 Å². The van der Waals surface area contributed by atoms with Crippen molar-refractivity contribution in [1.29, 1.82) is 0 Å². The zero-order chi connectivity index (χ0) is 15.2. The van der Waals surface area contributed by atoms with Crippen LogP contribution in [0.3, 0.4) is 0 Å². The first-order valence-electron chi connectivity index (χ1n) is 7.59. The number of likely N-dealkylation sites (N-methyl/N-ethyl adjacent to an activating group) is 1. The highest BCUT2D eigenvalue weighted by atomic mass is 16.5. The van der Waals surface area contributed by atoms with E-state index in [9.17, 15) is 4.79 Å². The van der Waals surface area contributed by atoms with E-state index in [-0.39, 0.29) is 12.0 Å². The number of anilines is 1. The molecule has 0 aliphatic carbocycles. The summed E-state index contributed by atoms with van der Waals surface area (Å²) < 4.78 is 11.2. The summed E-state index contributed by atoms with van der Waals surface area (Å²) in [6, 6.07) is 5.30. The zero-order valence-electron chi connectivity index (χ0n) is 12.8. The Labute approximate surface area is 126 Å². The first-order chi connectivity index (χ1) is 10.2. The van der Waals surface area contributed by atoms with Crippen LogP contribution < -0.4 is 10.5 Å². The minimum absolute atomic E-state index is 0.0521. The summed E-state index contributed by atoms with van der Waals surface area (Å²) in [7, 11) is 0. The average Bonchev–Trinajstić information content (AvgIpc) is 2.99. The second-order valence-corrected chi connectivity index (χ2v) is 5.14. The molecule has 116 valence electrons. The van der Waals surface area contributed by atoms with E-state index >= 15 is 0 Å². The lowest BCUT2D eigenvalue weighted by atomic mass is 10.1. The molecule has 0 radical (unpaired) electrons. The summed E-state index contributed by atoms with van der Waals surface area (Å²) in [5.41, 5.74) is 6.95. The number of hydrogen-bond acceptors (Lipinski definition) is 4. The van der Waals surface area contributed by atoms with E-state index in [0.717, 1.165) is 19.4 Å². The van der Waals surface area contributed by atoms with E-state index in [1.54, 1.807) is 23.1 Å². The van der Waals surface area contributed by atoms with Gasteiger partial charge in [0.2, 0.25) is 0 Å². The van der Waals surface area contributed by atoms with Crippen LogP contribution in [0.4, 0.5) is 5.69 Å². The fraction of sp³-hybridized carbons (Fsp3) is 0.562. The monoisotopic (exact) mass is 292 g/mol. The number of para-hydroxylation sites is 1. The lowest BCUT2D eigenvalue weighted by Gasteiger charge is -2.25. The molecule has 1 aromatic carbocycles. The standard InChI is InChI=1S/C16H24N2O3/c1-3-18(11-12-7-6-10-21-12)16(19)13-8-5-9-14(17)15(13)20-4-2/h5,8-9,12H,3-4,6-7,10-11,17H2,1-2H3. The molecule has 1 aromatic rings. The van der Waals surface area contributed by atoms with Crippen molar-refractivity contribution in [2.75, 3.05) is 32.0 Å². The lowest BCUT2D eigenvalue weighted by molar-refractivity contribution is 0.0536. The fourth-order valence-electron chi connectivity index (χ4n) is 2.59. The van der Waals surface area contributed by atoms with Crippen molar-refractivity contribution in [2.45, 2.75) is 32.8 Å². The number of nitrogens with zero attached hydrogens (tertiary/aromatic N) is 1. The smallest absolute Gasteiger partial charge is 0.257 e. The van der Waals surface area contributed by atoms with Gasteiger partial charge in [0, 0.05) is 19.7 Å². The van der Waals surface area contributed by atoms with Crippen molar-refractivity contribution >= 4 is 11.6 Å². The van der Waals surface area contributed by atoms with Crippen molar-refractivity contribution in [2.24, 2.45) is 0 Å². The SMILES string of the molecule is CCOc1c(N)cccc1C(=O)N(CC)CC1CCCO1. The molecular weight excluding hydrogens is 268 g/mol. The molecule has 0 bridgehead atoms. The number of amides is 1. The van der Waals surface area contributed by atoms with Gasteiger partial charge in [0.1, 0.15) is 0 Å². The van der Waals surface area contributed by atoms with Crippen molar-refractivity contribution in [1.82, 2.24) is 4.90 Å². The second kappa shape index (κ2) is 7.31. The van der Waals surface area contributed by atoms with E-state index in [4.69, 9.17) is 15.2 Å². The Bertz CT molecular complexity index is 484. The van der Waals surface area contributed by atoms with Crippen molar-refractivity contribution in [3.63, 3.8) is 0 Å². The van der Waals surface area contributed by atoms with Crippen molar-refractivity contribution < 1.29 is 14.3 Å². The predicted molar refractivity (Wildman–Crippen MR) is 82.6 cm³/mol. The number of ether oxygens (including phenoxy) is 2. The maximum absolute atomic E-state index is 12.7. The molecule has 0 spiro atoms. The molecule has 1 amide bonds. The van der Waals surface area contributed by atoms with E-state index in [1.807, 2.05) is 13.8 Å². The molecule has 1 aliphatic rings. The van der Waals surface area contributed by atoms with Crippen LogP contribution in [0.25, 0.3) is 0 Å². The topological polar surface area (TPSA) is 64.8 Å². The van der Waals surface area contributed by atoms with Crippen LogP contribution in [0, 0.1) is 0 Å². The summed E-state index contributed by atoms with van der Waals surface area (Å²) in [5.74, 6) is 0.430. The molecule has 0 aromatic heterocycles. The van der Waals surface area contributed by atoms with Crippen LogP contribution in [-0.2, 0) is 4.74 Å². The van der Waals surface area contributed by atoms with Crippen LogP contribution in [-0.4, -0.2) is 43.2 Å². The normalized spacial score (nSPS) is 17.7. The molecule has 1 heterocycles. The third kappa shape index (κ3) is 3.67. The van der Waals surface area contributed by atoms with E-state index in [0.29, 0.717) is 36.7 Å². The van der Waals surface area contributed by atoms with E-state index in [1.165, 1.54) is 0 Å². The molecule has 5 nitrogen and oxygen atoms in total. The lowest BCUT2D eigenvalue weighted by Crippen LogP contribution is -2.37. The Hall–Kier alpha value is -1.75. The number of carbonyl (C=O) groups is 1. The average molecular weight is 292 g/mol. The summed E-state index contributed by atoms with van der Waals surface area (Å²) in [6.07, 6.45) is 2.23. The van der Waals surface area contributed by atoms with Gasteiger partial charge in [-0.3, -0.25) is 4.79 Å². The van der Waals surface area contributed by atoms with Gasteiger partial charge in [-0.2, -0.15) is 0 Å².